The van der Waals surface area contributed by atoms with Gasteiger partial charge in [0.2, 0.25) is 0 Å². The number of hydrogen-bond donors (Lipinski definition) is 0. The zero-order valence-electron chi connectivity index (χ0n) is 9.70. The van der Waals surface area contributed by atoms with Crippen molar-refractivity contribution in [1.82, 2.24) is 0 Å². The van der Waals surface area contributed by atoms with E-state index in [1.165, 1.54) is 11.8 Å². The first-order chi connectivity index (χ1) is 9.08. The topological polar surface area (TPSA) is 17.1 Å². The summed E-state index contributed by atoms with van der Waals surface area (Å²) in [5, 5.41) is 1.54. The Balaban J connectivity index is 2.10. The SMILES string of the molecule is O=C(CSc1ccccc1Cl)c1cc(Cl)ccc1Cl. The fourth-order valence-electron chi connectivity index (χ4n) is 1.49. The summed E-state index contributed by atoms with van der Waals surface area (Å²) in [5.74, 6) is 0.196. The standard InChI is InChI=1S/C14H9Cl3OS/c15-9-5-6-11(16)10(7-9)13(18)8-19-14-4-2-1-3-12(14)17/h1-7H,8H2. The Kier molecular flexibility index (Phi) is 5.17. The molecule has 0 aliphatic heterocycles. The fraction of sp³-hybridized carbons (Fsp3) is 0.0714. The van der Waals surface area contributed by atoms with E-state index >= 15 is 0 Å². The molecule has 0 N–H and O–H groups in total. The highest BCUT2D eigenvalue weighted by atomic mass is 35.5. The van der Waals surface area contributed by atoms with E-state index in [0.717, 1.165) is 4.90 Å². The largest absolute Gasteiger partial charge is 0.293 e. The van der Waals surface area contributed by atoms with Gasteiger partial charge in [-0.25, -0.2) is 0 Å². The van der Waals surface area contributed by atoms with Gasteiger partial charge in [0, 0.05) is 15.5 Å². The van der Waals surface area contributed by atoms with Crippen molar-refractivity contribution in [3.05, 3.63) is 63.1 Å². The molecule has 0 fully saturated rings. The Morgan fingerprint density at radius 1 is 1.00 bits per heavy atom. The molecule has 0 aliphatic carbocycles. The van der Waals surface area contributed by atoms with Crippen molar-refractivity contribution < 1.29 is 4.79 Å². The minimum Gasteiger partial charge on any atom is -0.293 e. The van der Waals surface area contributed by atoms with E-state index < -0.39 is 0 Å². The lowest BCUT2D eigenvalue weighted by Crippen LogP contribution is -2.03. The van der Waals surface area contributed by atoms with E-state index in [2.05, 4.69) is 0 Å². The summed E-state index contributed by atoms with van der Waals surface area (Å²) in [6, 6.07) is 12.3. The predicted octanol–water partition coefficient (Wildman–Crippen LogP) is 5.62. The maximum Gasteiger partial charge on any atom is 0.174 e. The van der Waals surface area contributed by atoms with Crippen molar-refractivity contribution >= 4 is 52.3 Å². The van der Waals surface area contributed by atoms with Crippen molar-refractivity contribution in [2.75, 3.05) is 5.75 Å². The maximum atomic E-state index is 12.1. The third kappa shape index (κ3) is 3.90. The molecule has 2 rings (SSSR count). The number of thioether (sulfide) groups is 1. The average molecular weight is 332 g/mol. The molecule has 98 valence electrons. The van der Waals surface area contributed by atoms with Gasteiger partial charge in [-0.1, -0.05) is 46.9 Å². The van der Waals surface area contributed by atoms with Crippen LogP contribution in [0.25, 0.3) is 0 Å². The average Bonchev–Trinajstić information content (AvgIpc) is 2.40. The van der Waals surface area contributed by atoms with Gasteiger partial charge >= 0.3 is 0 Å². The van der Waals surface area contributed by atoms with Gasteiger partial charge in [-0.05, 0) is 30.3 Å². The molecule has 0 unspecified atom stereocenters. The van der Waals surface area contributed by atoms with Crippen molar-refractivity contribution in [3.63, 3.8) is 0 Å². The van der Waals surface area contributed by atoms with E-state index in [9.17, 15) is 4.79 Å². The Hall–Kier alpha value is -0.670. The lowest BCUT2D eigenvalue weighted by Gasteiger charge is -2.05. The summed E-state index contributed by atoms with van der Waals surface area (Å²) in [7, 11) is 0. The van der Waals surface area contributed by atoms with E-state index in [1.54, 1.807) is 24.3 Å². The van der Waals surface area contributed by atoms with Crippen LogP contribution < -0.4 is 0 Å². The summed E-state index contributed by atoms with van der Waals surface area (Å²) in [5.41, 5.74) is 0.439. The number of ketones is 1. The lowest BCUT2D eigenvalue weighted by atomic mass is 10.1. The van der Waals surface area contributed by atoms with E-state index in [1.807, 2.05) is 18.2 Å². The molecular weight excluding hydrogens is 323 g/mol. The van der Waals surface area contributed by atoms with Gasteiger partial charge in [-0.15, -0.1) is 11.8 Å². The smallest absolute Gasteiger partial charge is 0.174 e. The number of benzene rings is 2. The molecule has 0 amide bonds. The highest BCUT2D eigenvalue weighted by molar-refractivity contribution is 8.00. The van der Waals surface area contributed by atoms with Gasteiger partial charge in [0.25, 0.3) is 0 Å². The van der Waals surface area contributed by atoms with Crippen LogP contribution in [0.3, 0.4) is 0 Å². The summed E-state index contributed by atoms with van der Waals surface area (Å²) >= 11 is 19.3. The quantitative estimate of drug-likeness (QED) is 0.534. The van der Waals surface area contributed by atoms with Crippen LogP contribution >= 0.6 is 46.6 Å². The van der Waals surface area contributed by atoms with E-state index in [-0.39, 0.29) is 11.5 Å². The molecule has 0 aliphatic rings. The van der Waals surface area contributed by atoms with Crippen LogP contribution in [-0.2, 0) is 0 Å². The molecule has 0 radical (unpaired) electrons. The minimum atomic E-state index is -0.0718. The number of carbonyl (C=O) groups is 1. The fourth-order valence-corrected chi connectivity index (χ4v) is 3.01. The first-order valence-electron chi connectivity index (χ1n) is 5.43. The van der Waals surface area contributed by atoms with Crippen LogP contribution in [-0.4, -0.2) is 11.5 Å². The second-order valence-electron chi connectivity index (χ2n) is 3.77. The Morgan fingerprint density at radius 2 is 1.74 bits per heavy atom. The molecule has 2 aromatic rings. The molecule has 0 atom stereocenters. The van der Waals surface area contributed by atoms with Crippen molar-refractivity contribution in [3.8, 4) is 0 Å². The lowest BCUT2D eigenvalue weighted by molar-refractivity contribution is 0.102. The van der Waals surface area contributed by atoms with Crippen molar-refractivity contribution in [2.24, 2.45) is 0 Å². The number of rotatable bonds is 4. The van der Waals surface area contributed by atoms with Crippen molar-refractivity contribution in [1.29, 1.82) is 0 Å². The number of hydrogen-bond acceptors (Lipinski definition) is 2. The highest BCUT2D eigenvalue weighted by Crippen LogP contribution is 2.28. The summed E-state index contributed by atoms with van der Waals surface area (Å²) in [4.78, 5) is 13.0. The van der Waals surface area contributed by atoms with Crippen LogP contribution in [0, 0.1) is 0 Å². The summed E-state index contributed by atoms with van der Waals surface area (Å²) in [6.45, 7) is 0. The van der Waals surface area contributed by atoms with Crippen LogP contribution in [0.1, 0.15) is 10.4 Å². The van der Waals surface area contributed by atoms with Gasteiger partial charge in [-0.3, -0.25) is 4.79 Å². The molecule has 0 aromatic heterocycles. The summed E-state index contributed by atoms with van der Waals surface area (Å²) in [6.07, 6.45) is 0. The molecule has 0 heterocycles. The van der Waals surface area contributed by atoms with Crippen LogP contribution in [0.5, 0.6) is 0 Å². The number of Topliss-reactive ketones (excluding diaryl/α,β-unsaturated/α-hetero) is 1. The molecule has 19 heavy (non-hydrogen) atoms. The molecule has 1 nitrogen and oxygen atoms in total. The van der Waals surface area contributed by atoms with E-state index in [0.29, 0.717) is 20.6 Å². The van der Waals surface area contributed by atoms with E-state index in [4.69, 9.17) is 34.8 Å². The van der Waals surface area contributed by atoms with Crippen LogP contribution in [0.4, 0.5) is 0 Å². The van der Waals surface area contributed by atoms with Gasteiger partial charge in [0.1, 0.15) is 0 Å². The molecule has 0 bridgehead atoms. The third-order valence-corrected chi connectivity index (χ3v) is 4.50. The molecule has 5 heteroatoms. The predicted molar refractivity (Wildman–Crippen MR) is 83.0 cm³/mol. The van der Waals surface area contributed by atoms with Gasteiger partial charge < -0.3 is 0 Å². The zero-order chi connectivity index (χ0) is 13.8. The summed E-state index contributed by atoms with van der Waals surface area (Å²) < 4.78 is 0. The minimum absolute atomic E-state index is 0.0718. The second-order valence-corrected chi connectivity index (χ2v) is 6.03. The first kappa shape index (κ1) is 14.7. The highest BCUT2D eigenvalue weighted by Gasteiger charge is 2.12. The third-order valence-electron chi connectivity index (χ3n) is 2.42. The molecule has 0 saturated carbocycles. The molecule has 2 aromatic carbocycles. The number of carbonyl (C=O) groups excluding carboxylic acids is 1. The van der Waals surface area contributed by atoms with Crippen molar-refractivity contribution in [2.45, 2.75) is 4.90 Å². The molecule has 0 saturated heterocycles. The molecular formula is C14H9Cl3OS. The monoisotopic (exact) mass is 330 g/mol. The van der Waals surface area contributed by atoms with Gasteiger partial charge in [-0.2, -0.15) is 0 Å². The Labute approximate surface area is 130 Å². The van der Waals surface area contributed by atoms with Gasteiger partial charge in [0.05, 0.1) is 15.8 Å². The Morgan fingerprint density at radius 3 is 2.47 bits per heavy atom. The van der Waals surface area contributed by atoms with Crippen LogP contribution in [0.15, 0.2) is 47.4 Å². The van der Waals surface area contributed by atoms with Gasteiger partial charge in [0.15, 0.2) is 5.78 Å². The Bertz CT molecular complexity index is 613. The number of halogens is 3. The maximum absolute atomic E-state index is 12.1. The second kappa shape index (κ2) is 6.67. The van der Waals surface area contributed by atoms with Crippen LogP contribution in [0.2, 0.25) is 15.1 Å². The first-order valence-corrected chi connectivity index (χ1v) is 7.55. The molecule has 0 spiro atoms. The normalized spacial score (nSPS) is 10.5. The zero-order valence-corrected chi connectivity index (χ0v) is 12.8.